The van der Waals surface area contributed by atoms with Gasteiger partial charge < -0.3 is 24.1 Å². The highest BCUT2D eigenvalue weighted by Gasteiger charge is 2.37. The third-order valence-corrected chi connectivity index (χ3v) is 6.13. The lowest BCUT2D eigenvalue weighted by atomic mass is 10.1. The number of likely N-dealkylation sites (N-methyl/N-ethyl adjacent to an activating group) is 1. The van der Waals surface area contributed by atoms with Crippen molar-refractivity contribution >= 4 is 29.8 Å². The highest BCUT2D eigenvalue weighted by molar-refractivity contribution is 5.95. The van der Waals surface area contributed by atoms with Gasteiger partial charge in [-0.1, -0.05) is 6.92 Å². The predicted octanol–water partition coefficient (Wildman–Crippen LogP) is 3.37. The normalized spacial score (nSPS) is 13.6. The van der Waals surface area contributed by atoms with Gasteiger partial charge in [-0.2, -0.15) is 0 Å². The van der Waals surface area contributed by atoms with Crippen molar-refractivity contribution in [3.05, 3.63) is 0 Å². The molecule has 0 aliphatic carbocycles. The number of nitrogens with zero attached hydrogens (tertiary/aromatic N) is 3. The zero-order valence-corrected chi connectivity index (χ0v) is 30.8. The van der Waals surface area contributed by atoms with Crippen LogP contribution < -0.4 is 0 Å². The molecule has 46 heavy (non-hydrogen) atoms. The molecular formula is C33H61N3O10. The average molecular weight is 660 g/mol. The molecule has 0 saturated carbocycles. The Balaban J connectivity index is 6.19. The summed E-state index contributed by atoms with van der Waals surface area (Å²) in [6.07, 6.45) is 0. The second kappa shape index (κ2) is 18.0. The molecule has 0 fully saturated rings. The Bertz CT molecular complexity index is 991. The Morgan fingerprint density at radius 3 is 1.26 bits per heavy atom. The lowest BCUT2D eigenvalue weighted by molar-refractivity contribution is -0.176. The number of carboxylic acids is 1. The number of aliphatic carboxylic acids is 1. The Labute approximate surface area is 276 Å². The summed E-state index contributed by atoms with van der Waals surface area (Å²) in [7, 11) is 0. The second-order valence-corrected chi connectivity index (χ2v) is 15.4. The van der Waals surface area contributed by atoms with Gasteiger partial charge in [0.25, 0.3) is 0 Å². The first-order valence-corrected chi connectivity index (χ1v) is 15.9. The molecule has 0 amide bonds. The van der Waals surface area contributed by atoms with Gasteiger partial charge in [0, 0.05) is 32.7 Å². The van der Waals surface area contributed by atoms with E-state index in [9.17, 15) is 29.1 Å². The van der Waals surface area contributed by atoms with E-state index in [1.165, 1.54) is 0 Å². The smallest absolute Gasteiger partial charge is 0.322 e. The van der Waals surface area contributed by atoms with Crippen molar-refractivity contribution in [1.82, 2.24) is 14.7 Å². The second-order valence-electron chi connectivity index (χ2n) is 15.4. The van der Waals surface area contributed by atoms with Gasteiger partial charge in [0.2, 0.25) is 0 Å². The molecule has 268 valence electrons. The predicted molar refractivity (Wildman–Crippen MR) is 174 cm³/mol. The summed E-state index contributed by atoms with van der Waals surface area (Å²) in [6.45, 7) is 25.1. The van der Waals surface area contributed by atoms with Crippen molar-refractivity contribution in [3.8, 4) is 0 Å². The highest BCUT2D eigenvalue weighted by atomic mass is 16.6. The first-order valence-electron chi connectivity index (χ1n) is 15.9. The molecule has 1 unspecified atom stereocenters. The summed E-state index contributed by atoms with van der Waals surface area (Å²) in [6, 6.07) is -0.906. The molecule has 0 bridgehead atoms. The first-order chi connectivity index (χ1) is 20.6. The Morgan fingerprint density at radius 1 is 0.587 bits per heavy atom. The van der Waals surface area contributed by atoms with Crippen LogP contribution in [-0.4, -0.2) is 130 Å². The topological polar surface area (TPSA) is 152 Å². The van der Waals surface area contributed by atoms with Crippen molar-refractivity contribution < 1.29 is 48.0 Å². The maximum atomic E-state index is 13.3. The lowest BCUT2D eigenvalue weighted by Gasteiger charge is -2.33. The van der Waals surface area contributed by atoms with Crippen LogP contribution in [0.15, 0.2) is 0 Å². The minimum Gasteiger partial charge on any atom is -0.480 e. The van der Waals surface area contributed by atoms with Crippen LogP contribution in [0.5, 0.6) is 0 Å². The molecule has 0 spiro atoms. The Hall–Kier alpha value is -2.77. The zero-order valence-electron chi connectivity index (χ0n) is 30.8. The molecule has 0 rings (SSSR count). The minimum absolute atomic E-state index is 0.0429. The number of hydrogen-bond donors (Lipinski definition) is 1. The maximum absolute atomic E-state index is 13.3. The molecule has 1 atom stereocenters. The van der Waals surface area contributed by atoms with Crippen LogP contribution in [0.2, 0.25) is 0 Å². The first kappa shape index (κ1) is 43.2. The van der Waals surface area contributed by atoms with E-state index in [-0.39, 0.29) is 45.2 Å². The number of carboxylic acid groups (broad SMARTS) is 1. The van der Waals surface area contributed by atoms with Gasteiger partial charge in [-0.3, -0.25) is 38.7 Å². The summed E-state index contributed by atoms with van der Waals surface area (Å²) < 4.78 is 22.0. The monoisotopic (exact) mass is 659 g/mol. The Kier molecular flexibility index (Phi) is 16.9. The summed E-state index contributed by atoms with van der Waals surface area (Å²) in [5, 5.41) is 9.85. The van der Waals surface area contributed by atoms with E-state index in [4.69, 9.17) is 18.9 Å². The fourth-order valence-electron chi connectivity index (χ4n) is 4.14. The summed E-state index contributed by atoms with van der Waals surface area (Å²) in [5.41, 5.74) is -3.18. The average Bonchev–Trinajstić information content (AvgIpc) is 2.80. The molecule has 0 heterocycles. The van der Waals surface area contributed by atoms with Crippen LogP contribution in [-0.2, 0) is 42.9 Å². The van der Waals surface area contributed by atoms with Gasteiger partial charge in [0.15, 0.2) is 5.92 Å². The van der Waals surface area contributed by atoms with Gasteiger partial charge in [-0.15, -0.1) is 0 Å². The lowest BCUT2D eigenvalue weighted by Crippen LogP contribution is -2.50. The van der Waals surface area contributed by atoms with E-state index in [2.05, 4.69) is 0 Å². The van der Waals surface area contributed by atoms with Gasteiger partial charge >= 0.3 is 29.8 Å². The zero-order chi connectivity index (χ0) is 36.3. The minimum atomic E-state index is -1.38. The largest absolute Gasteiger partial charge is 0.480 e. The maximum Gasteiger partial charge on any atom is 0.322 e. The molecule has 0 saturated heterocycles. The fraction of sp³-hybridized carbons (Fsp3) is 0.848. The SMILES string of the molecule is CCN(CCN(CCN(CC(=O)OC(C)(C)C)CC(C(=O)OC(C)(C)C)C(=O)OC(C)(C)C)C(C)C(=O)O)CC(=O)OC(C)(C)C. The van der Waals surface area contributed by atoms with E-state index in [0.717, 1.165) is 0 Å². The third-order valence-electron chi connectivity index (χ3n) is 6.13. The number of hydrogen-bond acceptors (Lipinski definition) is 12. The van der Waals surface area contributed by atoms with Crippen LogP contribution in [0.25, 0.3) is 0 Å². The van der Waals surface area contributed by atoms with Crippen LogP contribution in [0.3, 0.4) is 0 Å². The van der Waals surface area contributed by atoms with E-state index in [1.807, 2.05) is 11.8 Å². The molecule has 0 aromatic heterocycles. The van der Waals surface area contributed by atoms with Gasteiger partial charge in [0.05, 0.1) is 13.1 Å². The van der Waals surface area contributed by atoms with E-state index in [0.29, 0.717) is 13.1 Å². The van der Waals surface area contributed by atoms with E-state index in [1.54, 1.807) is 99.8 Å². The molecule has 0 aromatic carbocycles. The Morgan fingerprint density at radius 2 is 0.935 bits per heavy atom. The quantitative estimate of drug-likeness (QED) is 0.138. The molecule has 0 aliphatic heterocycles. The number of rotatable bonds is 17. The summed E-state index contributed by atoms with van der Waals surface area (Å²) >= 11 is 0. The third kappa shape index (κ3) is 20.4. The standard InChI is InChI=1S/C33H61N3O10/c1-15-34(21-25(37)43-30(3,4)5)16-18-36(23(2)27(39)40)19-17-35(22-26(38)44-31(6,7)8)20-24(28(41)45-32(9,10)11)29(42)46-33(12,13)14/h23-24H,15-22H2,1-14H3,(H,39,40). The van der Waals surface area contributed by atoms with Crippen LogP contribution >= 0.6 is 0 Å². The molecule has 0 aliphatic rings. The van der Waals surface area contributed by atoms with Crippen molar-refractivity contribution in [2.24, 2.45) is 5.92 Å². The molecule has 13 heteroatoms. The van der Waals surface area contributed by atoms with Crippen molar-refractivity contribution in [2.45, 2.75) is 125 Å². The molecule has 13 nitrogen and oxygen atoms in total. The summed E-state index contributed by atoms with van der Waals surface area (Å²) in [5.74, 6) is -4.98. The van der Waals surface area contributed by atoms with Crippen LogP contribution in [0.4, 0.5) is 0 Å². The molecule has 0 aromatic rings. The van der Waals surface area contributed by atoms with Gasteiger partial charge in [0.1, 0.15) is 28.4 Å². The van der Waals surface area contributed by atoms with Crippen LogP contribution in [0.1, 0.15) is 96.9 Å². The number of carbonyl (C=O) groups excluding carboxylic acids is 4. The van der Waals surface area contributed by atoms with E-state index >= 15 is 0 Å². The van der Waals surface area contributed by atoms with Crippen LogP contribution in [0, 0.1) is 5.92 Å². The number of carbonyl (C=O) groups is 5. The van der Waals surface area contributed by atoms with Gasteiger partial charge in [-0.25, -0.2) is 0 Å². The van der Waals surface area contributed by atoms with Gasteiger partial charge in [-0.05, 0) is 96.6 Å². The highest BCUT2D eigenvalue weighted by Crippen LogP contribution is 2.18. The molecule has 1 N–H and O–H groups in total. The van der Waals surface area contributed by atoms with Crippen molar-refractivity contribution in [3.63, 3.8) is 0 Å². The number of esters is 4. The fourth-order valence-corrected chi connectivity index (χ4v) is 4.14. The van der Waals surface area contributed by atoms with Crippen molar-refractivity contribution in [2.75, 3.05) is 52.4 Å². The van der Waals surface area contributed by atoms with E-state index < -0.39 is 58.2 Å². The molecular weight excluding hydrogens is 598 g/mol. The molecule has 0 radical (unpaired) electrons. The van der Waals surface area contributed by atoms with Crippen molar-refractivity contribution in [1.29, 1.82) is 0 Å². The number of ether oxygens (including phenoxy) is 4. The summed E-state index contributed by atoms with van der Waals surface area (Å²) in [4.78, 5) is 69.1.